The van der Waals surface area contributed by atoms with Gasteiger partial charge in [0.15, 0.2) is 11.6 Å². The molecule has 12 heteroatoms. The van der Waals surface area contributed by atoms with Crippen molar-refractivity contribution in [3.8, 4) is 0 Å². The second kappa shape index (κ2) is 13.0. The number of fused-ring (bicyclic) bond motifs is 1. The summed E-state index contributed by atoms with van der Waals surface area (Å²) in [6.45, 7) is 4.13. The van der Waals surface area contributed by atoms with Crippen LogP contribution in [0.2, 0.25) is 0 Å². The number of anilines is 2. The molecule has 0 aliphatic heterocycles. The van der Waals surface area contributed by atoms with Crippen LogP contribution in [0.25, 0.3) is 10.8 Å². The van der Waals surface area contributed by atoms with E-state index in [2.05, 4.69) is 10.0 Å². The van der Waals surface area contributed by atoms with Crippen molar-refractivity contribution in [1.82, 2.24) is 9.62 Å². The second-order valence-corrected chi connectivity index (χ2v) is 11.4. The number of nitrogen functional groups attached to an aromatic ring is 1. The maximum atomic E-state index is 13.6. The first-order valence-corrected chi connectivity index (χ1v) is 14.9. The van der Waals surface area contributed by atoms with Crippen molar-refractivity contribution in [2.24, 2.45) is 5.92 Å². The average molecular weight is 609 g/mol. The van der Waals surface area contributed by atoms with E-state index in [4.69, 9.17) is 5.73 Å². The normalized spacial score (nSPS) is 12.0. The molecule has 4 rings (SSSR count). The summed E-state index contributed by atoms with van der Waals surface area (Å²) in [5, 5.41) is 4.03. The van der Waals surface area contributed by atoms with Crippen LogP contribution in [0.15, 0.2) is 83.8 Å². The Morgan fingerprint density at radius 3 is 2.14 bits per heavy atom. The fourth-order valence-corrected chi connectivity index (χ4v) is 5.62. The highest BCUT2D eigenvalue weighted by Crippen LogP contribution is 2.22. The molecular formula is C31H30F2N4O5S. The van der Waals surface area contributed by atoms with Crippen molar-refractivity contribution in [3.05, 3.63) is 102 Å². The molecule has 43 heavy (non-hydrogen) atoms. The van der Waals surface area contributed by atoms with Gasteiger partial charge >= 0.3 is 0 Å². The van der Waals surface area contributed by atoms with Crippen molar-refractivity contribution in [1.29, 1.82) is 0 Å². The third kappa shape index (κ3) is 7.15. The number of nitrogens with zero attached hydrogens (tertiary/aromatic N) is 1. The largest absolute Gasteiger partial charge is 0.398 e. The van der Waals surface area contributed by atoms with Gasteiger partial charge in [-0.25, -0.2) is 21.9 Å². The van der Waals surface area contributed by atoms with E-state index in [1.165, 1.54) is 29.2 Å². The molecule has 0 aliphatic carbocycles. The number of rotatable bonds is 10. The lowest BCUT2D eigenvalue weighted by Gasteiger charge is -2.25. The third-order valence-electron chi connectivity index (χ3n) is 6.94. The van der Waals surface area contributed by atoms with Gasteiger partial charge in [-0.1, -0.05) is 42.5 Å². The van der Waals surface area contributed by atoms with E-state index in [0.29, 0.717) is 36.2 Å². The van der Waals surface area contributed by atoms with Gasteiger partial charge in [0.05, 0.1) is 10.5 Å². The molecule has 4 N–H and O–H groups in total. The number of halogens is 2. The molecule has 0 aliphatic rings. The van der Waals surface area contributed by atoms with Gasteiger partial charge < -0.3 is 16.0 Å². The number of carbonyl (C=O) groups is 3. The molecule has 9 nitrogen and oxygen atoms in total. The van der Waals surface area contributed by atoms with Gasteiger partial charge in [-0.2, -0.15) is 0 Å². The number of hydrogen-bond donors (Lipinski definition) is 3. The summed E-state index contributed by atoms with van der Waals surface area (Å²) >= 11 is 0. The summed E-state index contributed by atoms with van der Waals surface area (Å²) in [4.78, 5) is 40.6. The molecule has 4 aromatic rings. The van der Waals surface area contributed by atoms with Crippen LogP contribution in [0.1, 0.15) is 29.8 Å². The van der Waals surface area contributed by atoms with Crippen LogP contribution in [0.4, 0.5) is 20.2 Å². The van der Waals surface area contributed by atoms with Crippen molar-refractivity contribution in [2.75, 3.05) is 24.1 Å². The lowest BCUT2D eigenvalue weighted by atomic mass is 9.97. The zero-order valence-electron chi connectivity index (χ0n) is 23.4. The van der Waals surface area contributed by atoms with Gasteiger partial charge in [0.25, 0.3) is 15.9 Å². The fourth-order valence-electron chi connectivity index (χ4n) is 4.56. The highest BCUT2D eigenvalue weighted by molar-refractivity contribution is 7.90. The predicted molar refractivity (Wildman–Crippen MR) is 160 cm³/mol. The zero-order valence-corrected chi connectivity index (χ0v) is 24.3. The van der Waals surface area contributed by atoms with E-state index in [9.17, 15) is 31.6 Å². The standard InChI is InChI=1S/C31H30F2N4O5S/c1-3-37(4-2)31(40)25(30(39)36-43(41,42)23-14-11-20-7-5-6-8-21(20)16-23)15-19-9-12-22(13-10-19)35-29(38)24-17-26(32)27(33)18-28(24)34/h5-14,16-18,25H,3-4,15,34H2,1-2H3,(H,35,38)(H,36,39). The molecule has 0 spiro atoms. The van der Waals surface area contributed by atoms with Crippen LogP contribution >= 0.6 is 0 Å². The highest BCUT2D eigenvalue weighted by atomic mass is 32.2. The van der Waals surface area contributed by atoms with Crippen LogP contribution in [0.3, 0.4) is 0 Å². The summed E-state index contributed by atoms with van der Waals surface area (Å²) < 4.78 is 55.4. The maximum absolute atomic E-state index is 13.6. The van der Waals surface area contributed by atoms with Crippen molar-refractivity contribution in [3.63, 3.8) is 0 Å². The Labute approximate surface area is 247 Å². The third-order valence-corrected chi connectivity index (χ3v) is 8.29. The fraction of sp³-hybridized carbons (Fsp3) is 0.194. The summed E-state index contributed by atoms with van der Waals surface area (Å²) in [7, 11) is -4.30. The first kappa shape index (κ1) is 31.1. The lowest BCUT2D eigenvalue weighted by Crippen LogP contribution is -2.46. The van der Waals surface area contributed by atoms with Gasteiger partial charge in [0.1, 0.15) is 5.92 Å². The molecule has 0 saturated heterocycles. The van der Waals surface area contributed by atoms with Crippen LogP contribution in [-0.2, 0) is 26.0 Å². The lowest BCUT2D eigenvalue weighted by molar-refractivity contribution is -0.141. The number of carbonyl (C=O) groups excluding carboxylic acids is 3. The van der Waals surface area contributed by atoms with Crippen LogP contribution < -0.4 is 15.8 Å². The maximum Gasteiger partial charge on any atom is 0.264 e. The number of benzene rings is 4. The van der Waals surface area contributed by atoms with Gasteiger partial charge in [-0.3, -0.25) is 14.4 Å². The minimum absolute atomic E-state index is 0.115. The molecular weight excluding hydrogens is 578 g/mol. The first-order chi connectivity index (χ1) is 20.4. The van der Waals surface area contributed by atoms with Crippen molar-refractivity contribution >= 4 is 49.9 Å². The Hall–Kier alpha value is -4.84. The Kier molecular flexibility index (Phi) is 9.40. The number of hydrogen-bond acceptors (Lipinski definition) is 6. The Morgan fingerprint density at radius 2 is 1.49 bits per heavy atom. The quantitative estimate of drug-likeness (QED) is 0.179. The average Bonchev–Trinajstić information content (AvgIpc) is 2.98. The van der Waals surface area contributed by atoms with Crippen molar-refractivity contribution in [2.45, 2.75) is 25.2 Å². The number of sulfonamides is 1. The van der Waals surface area contributed by atoms with Gasteiger partial charge in [0.2, 0.25) is 11.8 Å². The topological polar surface area (TPSA) is 139 Å². The molecule has 0 radical (unpaired) electrons. The Morgan fingerprint density at radius 1 is 0.860 bits per heavy atom. The molecule has 1 atom stereocenters. The molecule has 0 heterocycles. The molecule has 3 amide bonds. The van der Waals surface area contributed by atoms with Gasteiger partial charge in [0, 0.05) is 30.5 Å². The molecule has 0 bridgehead atoms. The van der Waals surface area contributed by atoms with E-state index in [1.54, 1.807) is 44.2 Å². The smallest absolute Gasteiger partial charge is 0.264 e. The molecule has 4 aromatic carbocycles. The Bertz CT molecular complexity index is 1790. The molecule has 224 valence electrons. The van der Waals surface area contributed by atoms with Gasteiger partial charge in [-0.05, 0) is 66.9 Å². The molecule has 0 saturated carbocycles. The summed E-state index contributed by atoms with van der Waals surface area (Å²) in [6.07, 6.45) is -0.126. The van der Waals surface area contributed by atoms with E-state index >= 15 is 0 Å². The molecule has 0 aromatic heterocycles. The first-order valence-electron chi connectivity index (χ1n) is 13.4. The minimum Gasteiger partial charge on any atom is -0.398 e. The summed E-state index contributed by atoms with van der Waals surface area (Å²) in [5.74, 6) is -6.05. The van der Waals surface area contributed by atoms with E-state index in [1.807, 2.05) is 12.1 Å². The SMILES string of the molecule is CCN(CC)C(=O)C(Cc1ccc(NC(=O)c2cc(F)c(F)cc2N)cc1)C(=O)NS(=O)(=O)c1ccc2ccccc2c1. The van der Waals surface area contributed by atoms with E-state index < -0.39 is 45.3 Å². The number of amides is 3. The summed E-state index contributed by atoms with van der Waals surface area (Å²) in [6, 6.07) is 19.2. The van der Waals surface area contributed by atoms with Crippen LogP contribution in [0.5, 0.6) is 0 Å². The molecule has 1 unspecified atom stereocenters. The minimum atomic E-state index is -4.30. The monoisotopic (exact) mass is 608 g/mol. The van der Waals surface area contributed by atoms with Crippen LogP contribution in [0, 0.1) is 17.6 Å². The van der Waals surface area contributed by atoms with Crippen molar-refractivity contribution < 1.29 is 31.6 Å². The highest BCUT2D eigenvalue weighted by Gasteiger charge is 2.33. The van der Waals surface area contributed by atoms with Crippen LogP contribution in [-0.4, -0.2) is 44.1 Å². The van der Waals surface area contributed by atoms with E-state index in [0.717, 1.165) is 5.39 Å². The number of nitrogens with two attached hydrogens (primary N) is 1. The van der Waals surface area contributed by atoms with Gasteiger partial charge in [-0.15, -0.1) is 0 Å². The molecule has 0 fully saturated rings. The second-order valence-electron chi connectivity index (χ2n) is 9.75. The number of nitrogens with one attached hydrogen (secondary N) is 2. The van der Waals surface area contributed by atoms with E-state index in [-0.39, 0.29) is 28.3 Å². The predicted octanol–water partition coefficient (Wildman–Crippen LogP) is 4.48. The Balaban J connectivity index is 1.54. The summed E-state index contributed by atoms with van der Waals surface area (Å²) in [5.41, 5.74) is 5.95. The zero-order chi connectivity index (χ0) is 31.3.